The quantitative estimate of drug-likeness (QED) is 0.785. The second-order valence-corrected chi connectivity index (χ2v) is 5.25. The monoisotopic (exact) mass is 303 g/mol. The van der Waals surface area contributed by atoms with Crippen LogP contribution in [0.2, 0.25) is 0 Å². The van der Waals surface area contributed by atoms with Gasteiger partial charge < -0.3 is 4.90 Å². The lowest BCUT2D eigenvalue weighted by atomic mass is 10.1. The molecule has 2 aromatic rings. The van der Waals surface area contributed by atoms with Gasteiger partial charge in [-0.2, -0.15) is 0 Å². The highest BCUT2D eigenvalue weighted by Crippen LogP contribution is 2.24. The number of benzene rings is 2. The summed E-state index contributed by atoms with van der Waals surface area (Å²) >= 11 is 3.62. The second kappa shape index (κ2) is 6.05. The SMILES string of the molecule is CCN(Cc1ccccc1Br)c1ccccc1C. The number of rotatable bonds is 4. The molecule has 1 nitrogen and oxygen atoms in total. The molecule has 0 atom stereocenters. The zero-order chi connectivity index (χ0) is 13.0. The van der Waals surface area contributed by atoms with Gasteiger partial charge in [0.2, 0.25) is 0 Å². The number of nitrogens with zero attached hydrogens (tertiary/aromatic N) is 1. The molecule has 0 aromatic heterocycles. The van der Waals surface area contributed by atoms with Crippen molar-refractivity contribution < 1.29 is 0 Å². The summed E-state index contributed by atoms with van der Waals surface area (Å²) < 4.78 is 1.18. The van der Waals surface area contributed by atoms with E-state index in [1.165, 1.54) is 21.3 Å². The third-order valence-electron chi connectivity index (χ3n) is 3.16. The van der Waals surface area contributed by atoms with E-state index in [0.29, 0.717) is 0 Å². The Balaban J connectivity index is 2.26. The number of aryl methyl sites for hydroxylation is 1. The van der Waals surface area contributed by atoms with Crippen molar-refractivity contribution in [2.75, 3.05) is 11.4 Å². The minimum absolute atomic E-state index is 0.933. The van der Waals surface area contributed by atoms with Crippen molar-refractivity contribution in [3.05, 3.63) is 64.1 Å². The Bertz CT molecular complexity index is 522. The summed E-state index contributed by atoms with van der Waals surface area (Å²) in [6.45, 7) is 6.30. The van der Waals surface area contributed by atoms with Gasteiger partial charge in [-0.25, -0.2) is 0 Å². The smallest absolute Gasteiger partial charge is 0.0440 e. The highest BCUT2D eigenvalue weighted by Gasteiger charge is 2.09. The number of anilines is 1. The van der Waals surface area contributed by atoms with Crippen molar-refractivity contribution in [1.29, 1.82) is 0 Å². The third kappa shape index (κ3) is 2.94. The molecule has 0 aliphatic carbocycles. The molecule has 0 saturated heterocycles. The van der Waals surface area contributed by atoms with Crippen molar-refractivity contribution in [2.45, 2.75) is 20.4 Å². The molecule has 2 rings (SSSR count). The molecule has 18 heavy (non-hydrogen) atoms. The van der Waals surface area contributed by atoms with Crippen LogP contribution < -0.4 is 4.90 Å². The van der Waals surface area contributed by atoms with Gasteiger partial charge in [-0.3, -0.25) is 0 Å². The lowest BCUT2D eigenvalue weighted by Crippen LogP contribution is -2.22. The molecule has 2 heteroatoms. The Morgan fingerprint density at radius 3 is 2.33 bits per heavy atom. The molecule has 2 aromatic carbocycles. The summed E-state index contributed by atoms with van der Waals surface area (Å²) in [5, 5.41) is 0. The largest absolute Gasteiger partial charge is 0.367 e. The van der Waals surface area contributed by atoms with Crippen molar-refractivity contribution >= 4 is 21.6 Å². The van der Waals surface area contributed by atoms with Crippen LogP contribution in [0.3, 0.4) is 0 Å². The first-order chi connectivity index (χ1) is 8.72. The maximum atomic E-state index is 3.62. The Kier molecular flexibility index (Phi) is 4.43. The van der Waals surface area contributed by atoms with Gasteiger partial charge in [0.05, 0.1) is 0 Å². The first-order valence-electron chi connectivity index (χ1n) is 6.26. The minimum Gasteiger partial charge on any atom is -0.367 e. The number of hydrogen-bond donors (Lipinski definition) is 0. The summed E-state index contributed by atoms with van der Waals surface area (Å²) in [6.07, 6.45) is 0. The Hall–Kier alpha value is -1.28. The normalized spacial score (nSPS) is 10.4. The molecule has 0 saturated carbocycles. The second-order valence-electron chi connectivity index (χ2n) is 4.39. The fourth-order valence-corrected chi connectivity index (χ4v) is 2.53. The molecule has 0 aliphatic heterocycles. The van der Waals surface area contributed by atoms with Crippen molar-refractivity contribution in [2.24, 2.45) is 0 Å². The predicted octanol–water partition coefficient (Wildman–Crippen LogP) is 4.78. The van der Waals surface area contributed by atoms with Gasteiger partial charge in [0.1, 0.15) is 0 Å². The lowest BCUT2D eigenvalue weighted by molar-refractivity contribution is 0.825. The Labute approximate surface area is 118 Å². The van der Waals surface area contributed by atoms with Crippen LogP contribution in [0.15, 0.2) is 53.0 Å². The van der Waals surface area contributed by atoms with Gasteiger partial charge in [-0.1, -0.05) is 52.3 Å². The zero-order valence-corrected chi connectivity index (χ0v) is 12.4. The first-order valence-corrected chi connectivity index (χ1v) is 7.05. The predicted molar refractivity (Wildman–Crippen MR) is 82.0 cm³/mol. The number of para-hydroxylation sites is 1. The molecule has 0 heterocycles. The van der Waals surface area contributed by atoms with E-state index >= 15 is 0 Å². The topological polar surface area (TPSA) is 3.24 Å². The Morgan fingerprint density at radius 1 is 1.00 bits per heavy atom. The van der Waals surface area contributed by atoms with Crippen molar-refractivity contribution in [3.63, 3.8) is 0 Å². The number of halogens is 1. The minimum atomic E-state index is 0.933. The van der Waals surface area contributed by atoms with E-state index in [-0.39, 0.29) is 0 Å². The highest BCUT2D eigenvalue weighted by molar-refractivity contribution is 9.10. The summed E-state index contributed by atoms with van der Waals surface area (Å²) in [5.41, 5.74) is 3.96. The van der Waals surface area contributed by atoms with E-state index in [0.717, 1.165) is 13.1 Å². The van der Waals surface area contributed by atoms with Crippen LogP contribution in [0.25, 0.3) is 0 Å². The van der Waals surface area contributed by atoms with E-state index in [9.17, 15) is 0 Å². The molecule has 0 spiro atoms. The van der Waals surface area contributed by atoms with Crippen LogP contribution >= 0.6 is 15.9 Å². The van der Waals surface area contributed by atoms with Gasteiger partial charge >= 0.3 is 0 Å². The van der Waals surface area contributed by atoms with Gasteiger partial charge in [0.15, 0.2) is 0 Å². The fraction of sp³-hybridized carbons (Fsp3) is 0.250. The van der Waals surface area contributed by atoms with Crippen LogP contribution in [0.4, 0.5) is 5.69 Å². The van der Waals surface area contributed by atoms with E-state index in [1.54, 1.807) is 0 Å². The van der Waals surface area contributed by atoms with Gasteiger partial charge in [-0.15, -0.1) is 0 Å². The molecule has 0 bridgehead atoms. The van der Waals surface area contributed by atoms with Crippen LogP contribution in [0.5, 0.6) is 0 Å². The van der Waals surface area contributed by atoms with Crippen LogP contribution in [0, 0.1) is 6.92 Å². The van der Waals surface area contributed by atoms with Crippen molar-refractivity contribution in [3.8, 4) is 0 Å². The maximum Gasteiger partial charge on any atom is 0.0440 e. The van der Waals surface area contributed by atoms with Crippen LogP contribution in [0.1, 0.15) is 18.1 Å². The average Bonchev–Trinajstić information content (AvgIpc) is 2.39. The summed E-state index contributed by atoms with van der Waals surface area (Å²) in [7, 11) is 0. The highest BCUT2D eigenvalue weighted by atomic mass is 79.9. The summed E-state index contributed by atoms with van der Waals surface area (Å²) in [4.78, 5) is 2.40. The summed E-state index contributed by atoms with van der Waals surface area (Å²) in [6, 6.07) is 17.0. The summed E-state index contributed by atoms with van der Waals surface area (Å²) in [5.74, 6) is 0. The van der Waals surface area contributed by atoms with E-state index in [1.807, 2.05) is 0 Å². The zero-order valence-electron chi connectivity index (χ0n) is 10.9. The molecule has 0 N–H and O–H groups in total. The third-order valence-corrected chi connectivity index (χ3v) is 3.93. The fourth-order valence-electron chi connectivity index (χ4n) is 2.12. The number of hydrogen-bond acceptors (Lipinski definition) is 1. The molecular weight excluding hydrogens is 286 g/mol. The molecule has 94 valence electrons. The standard InChI is InChI=1S/C16H18BrN/c1-3-18(16-11-7-4-8-13(16)2)12-14-9-5-6-10-15(14)17/h4-11H,3,12H2,1-2H3. The van der Waals surface area contributed by atoms with Crippen LogP contribution in [-0.2, 0) is 6.54 Å². The molecular formula is C16H18BrN. The molecule has 0 aliphatic rings. The lowest BCUT2D eigenvalue weighted by Gasteiger charge is -2.25. The van der Waals surface area contributed by atoms with Gasteiger partial charge in [-0.05, 0) is 37.1 Å². The van der Waals surface area contributed by atoms with E-state index in [2.05, 4.69) is 83.2 Å². The molecule has 0 fully saturated rings. The van der Waals surface area contributed by atoms with E-state index < -0.39 is 0 Å². The van der Waals surface area contributed by atoms with E-state index in [4.69, 9.17) is 0 Å². The van der Waals surface area contributed by atoms with Crippen molar-refractivity contribution in [1.82, 2.24) is 0 Å². The maximum absolute atomic E-state index is 3.62. The Morgan fingerprint density at radius 2 is 1.67 bits per heavy atom. The van der Waals surface area contributed by atoms with Crippen LogP contribution in [-0.4, -0.2) is 6.54 Å². The molecule has 0 unspecified atom stereocenters. The van der Waals surface area contributed by atoms with Gasteiger partial charge in [0, 0.05) is 23.2 Å². The molecule has 0 amide bonds. The molecule has 0 radical (unpaired) electrons. The van der Waals surface area contributed by atoms with Gasteiger partial charge in [0.25, 0.3) is 0 Å². The average molecular weight is 304 g/mol. The first kappa shape index (κ1) is 13.2.